The van der Waals surface area contributed by atoms with Gasteiger partial charge in [-0.1, -0.05) is 23.4 Å². The number of rotatable bonds is 6. The van der Waals surface area contributed by atoms with Gasteiger partial charge in [-0.15, -0.1) is 0 Å². The first-order valence-electron chi connectivity index (χ1n) is 7.74. The van der Waals surface area contributed by atoms with Crippen molar-refractivity contribution < 1.29 is 18.4 Å². The third-order valence-corrected chi connectivity index (χ3v) is 3.68. The Bertz CT molecular complexity index is 831. The molecule has 0 bridgehead atoms. The van der Waals surface area contributed by atoms with E-state index in [1.807, 2.05) is 30.3 Å². The highest BCUT2D eigenvalue weighted by atomic mass is 19.1. The van der Waals surface area contributed by atoms with Crippen molar-refractivity contribution in [1.82, 2.24) is 5.16 Å². The number of anilines is 1. The maximum absolute atomic E-state index is 12.9. The SMILES string of the molecule is CN(C(=O)COCc1cc(-c2ccc(F)cc2)on1)c1ccccc1. The number of halogens is 1. The van der Waals surface area contributed by atoms with E-state index in [-0.39, 0.29) is 24.9 Å². The zero-order chi connectivity index (χ0) is 17.6. The van der Waals surface area contributed by atoms with Crippen molar-refractivity contribution in [3.63, 3.8) is 0 Å². The van der Waals surface area contributed by atoms with Crippen LogP contribution in [0.2, 0.25) is 0 Å². The van der Waals surface area contributed by atoms with Crippen LogP contribution in [0.3, 0.4) is 0 Å². The van der Waals surface area contributed by atoms with E-state index in [1.54, 1.807) is 25.2 Å². The molecule has 1 heterocycles. The van der Waals surface area contributed by atoms with E-state index in [1.165, 1.54) is 17.0 Å². The van der Waals surface area contributed by atoms with Crippen LogP contribution in [0.5, 0.6) is 0 Å². The van der Waals surface area contributed by atoms with Gasteiger partial charge in [0.25, 0.3) is 5.91 Å². The Balaban J connectivity index is 1.52. The van der Waals surface area contributed by atoms with Crippen molar-refractivity contribution in [2.45, 2.75) is 6.61 Å². The summed E-state index contributed by atoms with van der Waals surface area (Å²) in [6, 6.07) is 17.0. The lowest BCUT2D eigenvalue weighted by Gasteiger charge is -2.16. The van der Waals surface area contributed by atoms with Gasteiger partial charge in [-0.3, -0.25) is 4.79 Å². The third-order valence-electron chi connectivity index (χ3n) is 3.68. The average Bonchev–Trinajstić information content (AvgIpc) is 3.11. The number of para-hydroxylation sites is 1. The molecular formula is C19H17FN2O3. The molecule has 0 radical (unpaired) electrons. The summed E-state index contributed by atoms with van der Waals surface area (Å²) >= 11 is 0. The van der Waals surface area contributed by atoms with Crippen LogP contribution in [0.4, 0.5) is 10.1 Å². The van der Waals surface area contributed by atoms with Gasteiger partial charge in [-0.25, -0.2) is 4.39 Å². The molecule has 0 saturated carbocycles. The van der Waals surface area contributed by atoms with Crippen LogP contribution in [0.25, 0.3) is 11.3 Å². The highest BCUT2D eigenvalue weighted by Crippen LogP contribution is 2.21. The molecule has 5 nitrogen and oxygen atoms in total. The van der Waals surface area contributed by atoms with Crippen molar-refractivity contribution in [2.24, 2.45) is 0 Å². The molecule has 3 aromatic rings. The monoisotopic (exact) mass is 340 g/mol. The van der Waals surface area contributed by atoms with Crippen LogP contribution in [0.1, 0.15) is 5.69 Å². The molecule has 0 aliphatic carbocycles. The largest absolute Gasteiger partial charge is 0.365 e. The van der Waals surface area contributed by atoms with E-state index in [0.29, 0.717) is 11.5 Å². The second-order valence-electron chi connectivity index (χ2n) is 5.47. The fourth-order valence-corrected chi connectivity index (χ4v) is 2.27. The number of aromatic nitrogens is 1. The van der Waals surface area contributed by atoms with E-state index < -0.39 is 0 Å². The van der Waals surface area contributed by atoms with E-state index >= 15 is 0 Å². The fourth-order valence-electron chi connectivity index (χ4n) is 2.27. The van der Waals surface area contributed by atoms with Gasteiger partial charge >= 0.3 is 0 Å². The smallest absolute Gasteiger partial charge is 0.252 e. The van der Waals surface area contributed by atoms with Gasteiger partial charge in [0.15, 0.2) is 5.76 Å². The number of ether oxygens (including phenoxy) is 1. The summed E-state index contributed by atoms with van der Waals surface area (Å²) in [5.41, 5.74) is 2.09. The lowest BCUT2D eigenvalue weighted by Crippen LogP contribution is -2.30. The Morgan fingerprint density at radius 1 is 1.16 bits per heavy atom. The van der Waals surface area contributed by atoms with Crippen LogP contribution in [0, 0.1) is 5.82 Å². The predicted molar refractivity (Wildman–Crippen MR) is 91.4 cm³/mol. The standard InChI is InChI=1S/C19H17FN2O3/c1-22(17-5-3-2-4-6-17)19(23)13-24-12-16-11-18(25-21-16)14-7-9-15(20)10-8-14/h2-11H,12-13H2,1H3. The van der Waals surface area contributed by atoms with Crippen molar-refractivity contribution in [1.29, 1.82) is 0 Å². The Hall–Kier alpha value is -2.99. The summed E-state index contributed by atoms with van der Waals surface area (Å²) < 4.78 is 23.6. The number of nitrogens with zero attached hydrogens (tertiary/aromatic N) is 2. The molecular weight excluding hydrogens is 323 g/mol. The van der Waals surface area contributed by atoms with Gasteiger partial charge in [0.1, 0.15) is 18.1 Å². The number of hydrogen-bond donors (Lipinski definition) is 0. The van der Waals surface area contributed by atoms with E-state index in [2.05, 4.69) is 5.16 Å². The van der Waals surface area contributed by atoms with Gasteiger partial charge < -0.3 is 14.2 Å². The zero-order valence-corrected chi connectivity index (χ0v) is 13.7. The summed E-state index contributed by atoms with van der Waals surface area (Å²) in [7, 11) is 1.70. The first-order valence-corrected chi connectivity index (χ1v) is 7.74. The third kappa shape index (κ3) is 4.30. The second kappa shape index (κ2) is 7.72. The minimum absolute atomic E-state index is 0.0653. The van der Waals surface area contributed by atoms with E-state index in [9.17, 15) is 9.18 Å². The highest BCUT2D eigenvalue weighted by Gasteiger charge is 2.12. The van der Waals surface area contributed by atoms with Gasteiger partial charge in [0.2, 0.25) is 0 Å². The minimum atomic E-state index is -0.312. The van der Waals surface area contributed by atoms with Gasteiger partial charge in [-0.2, -0.15) is 0 Å². The van der Waals surface area contributed by atoms with Gasteiger partial charge in [0.05, 0.1) is 6.61 Å². The summed E-state index contributed by atoms with van der Waals surface area (Å²) in [6.45, 7) is 0.0865. The first kappa shape index (κ1) is 16.9. The molecule has 0 spiro atoms. The van der Waals surface area contributed by atoms with Gasteiger partial charge in [-0.05, 0) is 36.4 Å². The molecule has 0 fully saturated rings. The van der Waals surface area contributed by atoms with Crippen molar-refractivity contribution in [2.75, 3.05) is 18.6 Å². The average molecular weight is 340 g/mol. The number of amides is 1. The summed E-state index contributed by atoms with van der Waals surface area (Å²) in [4.78, 5) is 13.6. The number of benzene rings is 2. The Kier molecular flexibility index (Phi) is 5.20. The minimum Gasteiger partial charge on any atom is -0.365 e. The van der Waals surface area contributed by atoms with Crippen LogP contribution in [-0.4, -0.2) is 24.7 Å². The van der Waals surface area contributed by atoms with E-state index in [0.717, 1.165) is 11.3 Å². The zero-order valence-electron chi connectivity index (χ0n) is 13.7. The molecule has 0 unspecified atom stereocenters. The Morgan fingerprint density at radius 3 is 2.60 bits per heavy atom. The lowest BCUT2D eigenvalue weighted by molar-refractivity contribution is -0.123. The molecule has 0 aliphatic rings. The molecule has 128 valence electrons. The normalized spacial score (nSPS) is 10.6. The molecule has 3 rings (SSSR count). The molecule has 2 aromatic carbocycles. The topological polar surface area (TPSA) is 55.6 Å². The second-order valence-corrected chi connectivity index (χ2v) is 5.47. The maximum atomic E-state index is 12.9. The number of carbonyl (C=O) groups is 1. The Labute approximate surface area is 144 Å². The number of likely N-dealkylation sites (N-methyl/N-ethyl adjacent to an activating group) is 1. The molecule has 0 saturated heterocycles. The summed E-state index contributed by atoms with van der Waals surface area (Å²) in [6.07, 6.45) is 0. The van der Waals surface area contributed by atoms with Crippen molar-refractivity contribution in [3.05, 3.63) is 72.2 Å². The maximum Gasteiger partial charge on any atom is 0.252 e. The molecule has 1 aromatic heterocycles. The number of carbonyl (C=O) groups excluding carboxylic acids is 1. The van der Waals surface area contributed by atoms with Crippen LogP contribution >= 0.6 is 0 Å². The molecule has 25 heavy (non-hydrogen) atoms. The fraction of sp³-hybridized carbons (Fsp3) is 0.158. The quantitative estimate of drug-likeness (QED) is 0.687. The van der Waals surface area contributed by atoms with Crippen molar-refractivity contribution in [3.8, 4) is 11.3 Å². The molecule has 1 amide bonds. The van der Waals surface area contributed by atoms with E-state index in [4.69, 9.17) is 9.26 Å². The first-order chi connectivity index (χ1) is 12.1. The van der Waals surface area contributed by atoms with Crippen LogP contribution in [-0.2, 0) is 16.1 Å². The summed E-state index contributed by atoms with van der Waals surface area (Å²) in [5.74, 6) is 0.0488. The van der Waals surface area contributed by atoms with Crippen LogP contribution in [0.15, 0.2) is 65.2 Å². The molecule has 0 N–H and O–H groups in total. The highest BCUT2D eigenvalue weighted by molar-refractivity contribution is 5.93. The molecule has 0 atom stereocenters. The summed E-state index contributed by atoms with van der Waals surface area (Å²) in [5, 5.41) is 3.90. The van der Waals surface area contributed by atoms with Crippen molar-refractivity contribution >= 4 is 11.6 Å². The number of hydrogen-bond acceptors (Lipinski definition) is 4. The predicted octanol–water partition coefficient (Wildman–Crippen LogP) is 3.66. The Morgan fingerprint density at radius 2 is 1.88 bits per heavy atom. The van der Waals surface area contributed by atoms with Crippen LogP contribution < -0.4 is 4.90 Å². The van der Waals surface area contributed by atoms with Gasteiger partial charge in [0, 0.05) is 24.4 Å². The molecule has 6 heteroatoms. The lowest BCUT2D eigenvalue weighted by atomic mass is 10.1. The molecule has 0 aliphatic heterocycles.